The Kier molecular flexibility index (Phi) is 9.33. The highest BCUT2D eigenvalue weighted by Crippen LogP contribution is 2.15. The summed E-state index contributed by atoms with van der Waals surface area (Å²) in [4.78, 5) is 12.2. The average Bonchev–Trinajstić information content (AvgIpc) is 2.72. The van der Waals surface area contributed by atoms with Gasteiger partial charge in [0.2, 0.25) is 10.0 Å². The fraction of sp³-hybridized carbons (Fsp3) is 0.435. The van der Waals surface area contributed by atoms with E-state index in [1.54, 1.807) is 12.1 Å². The van der Waals surface area contributed by atoms with Crippen LogP contribution in [0, 0.1) is 0 Å². The van der Waals surface area contributed by atoms with Crippen molar-refractivity contribution in [2.24, 2.45) is 0 Å². The van der Waals surface area contributed by atoms with Crippen LogP contribution >= 0.6 is 0 Å². The molecule has 0 fully saturated rings. The second-order valence-electron chi connectivity index (χ2n) is 7.86. The maximum atomic E-state index is 12.2. The standard InChI is InChI=1S/C23H33N3O4S/c1-17(2)30-22-13-11-19(12-14-22)6-5-18(3)26-23(27)25-15-20-7-9-21(10-8-20)16-31(28,29)24-4/h7-14,17-18,24H,5-6,15-16H2,1-4H3,(H2,25,26,27). The van der Waals surface area contributed by atoms with E-state index in [2.05, 4.69) is 27.5 Å². The van der Waals surface area contributed by atoms with Crippen LogP contribution in [0.4, 0.5) is 4.79 Å². The summed E-state index contributed by atoms with van der Waals surface area (Å²) in [6, 6.07) is 15.0. The minimum Gasteiger partial charge on any atom is -0.491 e. The lowest BCUT2D eigenvalue weighted by Gasteiger charge is -2.15. The zero-order valence-corrected chi connectivity index (χ0v) is 19.5. The van der Waals surface area contributed by atoms with E-state index in [1.807, 2.05) is 45.0 Å². The van der Waals surface area contributed by atoms with Crippen molar-refractivity contribution in [1.82, 2.24) is 15.4 Å². The number of rotatable bonds is 11. The lowest BCUT2D eigenvalue weighted by molar-refractivity contribution is 0.237. The molecule has 3 N–H and O–H groups in total. The maximum absolute atomic E-state index is 12.2. The minimum absolute atomic E-state index is 0.0284. The summed E-state index contributed by atoms with van der Waals surface area (Å²) in [6.07, 6.45) is 1.84. The Morgan fingerprint density at radius 2 is 1.52 bits per heavy atom. The number of benzene rings is 2. The van der Waals surface area contributed by atoms with Crippen molar-refractivity contribution in [3.05, 3.63) is 65.2 Å². The molecule has 0 aliphatic carbocycles. The number of ether oxygens (including phenoxy) is 1. The highest BCUT2D eigenvalue weighted by molar-refractivity contribution is 7.88. The molecule has 0 aliphatic heterocycles. The van der Waals surface area contributed by atoms with Gasteiger partial charge in [0.15, 0.2) is 0 Å². The average molecular weight is 448 g/mol. The van der Waals surface area contributed by atoms with E-state index in [-0.39, 0.29) is 23.9 Å². The Morgan fingerprint density at radius 3 is 2.10 bits per heavy atom. The molecule has 0 saturated heterocycles. The van der Waals surface area contributed by atoms with Crippen LogP contribution in [0.15, 0.2) is 48.5 Å². The summed E-state index contributed by atoms with van der Waals surface area (Å²) in [5, 5.41) is 5.78. The largest absolute Gasteiger partial charge is 0.491 e. The highest BCUT2D eigenvalue weighted by Gasteiger charge is 2.10. The summed E-state index contributed by atoms with van der Waals surface area (Å²) in [6.45, 7) is 6.35. The number of hydrogen-bond acceptors (Lipinski definition) is 4. The molecule has 8 heteroatoms. The Labute approximate surface area is 185 Å². The molecule has 31 heavy (non-hydrogen) atoms. The van der Waals surface area contributed by atoms with Gasteiger partial charge in [-0.1, -0.05) is 36.4 Å². The van der Waals surface area contributed by atoms with Crippen LogP contribution in [0.1, 0.15) is 43.9 Å². The van der Waals surface area contributed by atoms with Crippen LogP contribution in [0.2, 0.25) is 0 Å². The van der Waals surface area contributed by atoms with E-state index in [0.717, 1.165) is 24.2 Å². The van der Waals surface area contributed by atoms with E-state index in [0.29, 0.717) is 12.1 Å². The van der Waals surface area contributed by atoms with Gasteiger partial charge in [0.25, 0.3) is 0 Å². The number of nitrogens with one attached hydrogen (secondary N) is 3. The number of hydrogen-bond donors (Lipinski definition) is 3. The van der Waals surface area contributed by atoms with E-state index in [4.69, 9.17) is 4.74 Å². The van der Waals surface area contributed by atoms with E-state index >= 15 is 0 Å². The third kappa shape index (κ3) is 9.40. The van der Waals surface area contributed by atoms with Gasteiger partial charge < -0.3 is 15.4 Å². The minimum atomic E-state index is -3.29. The number of urea groups is 1. The molecular weight excluding hydrogens is 414 g/mol. The Hall–Kier alpha value is -2.58. The molecular formula is C23H33N3O4S. The zero-order chi connectivity index (χ0) is 22.9. The van der Waals surface area contributed by atoms with Crippen molar-refractivity contribution in [2.75, 3.05) is 7.05 Å². The first-order valence-electron chi connectivity index (χ1n) is 10.5. The van der Waals surface area contributed by atoms with Crippen molar-refractivity contribution in [3.8, 4) is 5.75 Å². The van der Waals surface area contributed by atoms with Gasteiger partial charge in [-0.15, -0.1) is 0 Å². The molecule has 1 unspecified atom stereocenters. The zero-order valence-electron chi connectivity index (χ0n) is 18.6. The number of amides is 2. The van der Waals surface area contributed by atoms with Crippen LogP contribution < -0.4 is 20.1 Å². The predicted molar refractivity (Wildman–Crippen MR) is 123 cm³/mol. The SMILES string of the molecule is CNS(=O)(=O)Cc1ccc(CNC(=O)NC(C)CCc2ccc(OC(C)C)cc2)cc1. The van der Waals surface area contributed by atoms with Gasteiger partial charge in [-0.3, -0.25) is 0 Å². The Bertz CT molecular complexity index is 926. The van der Waals surface area contributed by atoms with Crippen molar-refractivity contribution in [1.29, 1.82) is 0 Å². The second-order valence-corrected chi connectivity index (χ2v) is 9.78. The smallest absolute Gasteiger partial charge is 0.315 e. The lowest BCUT2D eigenvalue weighted by atomic mass is 10.1. The number of carbonyl (C=O) groups is 1. The summed E-state index contributed by atoms with van der Waals surface area (Å²) in [7, 11) is -1.90. The summed E-state index contributed by atoms with van der Waals surface area (Å²) >= 11 is 0. The molecule has 0 saturated carbocycles. The van der Waals surface area contributed by atoms with Crippen LogP contribution in [0.5, 0.6) is 5.75 Å². The van der Waals surface area contributed by atoms with Gasteiger partial charge in [-0.2, -0.15) is 0 Å². The van der Waals surface area contributed by atoms with Crippen molar-refractivity contribution in [3.63, 3.8) is 0 Å². The number of aryl methyl sites for hydroxylation is 1. The Morgan fingerprint density at radius 1 is 0.935 bits per heavy atom. The molecule has 1 atom stereocenters. The molecule has 7 nitrogen and oxygen atoms in total. The number of sulfonamides is 1. The molecule has 0 bridgehead atoms. The molecule has 0 spiro atoms. The summed E-state index contributed by atoms with van der Waals surface area (Å²) < 4.78 is 31.1. The molecule has 2 rings (SSSR count). The first-order chi connectivity index (χ1) is 14.7. The van der Waals surface area contributed by atoms with Crippen molar-refractivity contribution >= 4 is 16.1 Å². The van der Waals surface area contributed by atoms with Gasteiger partial charge >= 0.3 is 6.03 Å². The quantitative estimate of drug-likeness (QED) is 0.492. The maximum Gasteiger partial charge on any atom is 0.315 e. The van der Waals surface area contributed by atoms with Crippen LogP contribution in [-0.2, 0) is 28.7 Å². The molecule has 2 aromatic rings. The van der Waals surface area contributed by atoms with Crippen LogP contribution in [-0.4, -0.2) is 33.6 Å². The molecule has 170 valence electrons. The molecule has 0 aliphatic rings. The molecule has 2 aromatic carbocycles. The summed E-state index contributed by atoms with van der Waals surface area (Å²) in [5.74, 6) is 0.795. The third-order valence-electron chi connectivity index (χ3n) is 4.68. The third-order valence-corrected chi connectivity index (χ3v) is 6.02. The van der Waals surface area contributed by atoms with Gasteiger partial charge in [0.1, 0.15) is 5.75 Å². The van der Waals surface area contributed by atoms with Crippen LogP contribution in [0.3, 0.4) is 0 Å². The highest BCUT2D eigenvalue weighted by atomic mass is 32.2. The van der Waals surface area contributed by atoms with Crippen molar-refractivity contribution in [2.45, 2.75) is 58.1 Å². The van der Waals surface area contributed by atoms with Gasteiger partial charge in [0.05, 0.1) is 11.9 Å². The van der Waals surface area contributed by atoms with Crippen LogP contribution in [0.25, 0.3) is 0 Å². The molecule has 0 radical (unpaired) electrons. The van der Waals surface area contributed by atoms with Gasteiger partial charge in [-0.25, -0.2) is 17.9 Å². The first-order valence-corrected chi connectivity index (χ1v) is 12.1. The number of carbonyl (C=O) groups excluding carboxylic acids is 1. The first kappa shape index (κ1) is 24.7. The Balaban J connectivity index is 1.72. The van der Waals surface area contributed by atoms with E-state index in [1.165, 1.54) is 12.6 Å². The summed E-state index contributed by atoms with van der Waals surface area (Å²) in [5.41, 5.74) is 2.79. The van der Waals surface area contributed by atoms with E-state index in [9.17, 15) is 13.2 Å². The lowest BCUT2D eigenvalue weighted by Crippen LogP contribution is -2.40. The normalized spacial score (nSPS) is 12.4. The second kappa shape index (κ2) is 11.7. The molecule has 2 amide bonds. The fourth-order valence-electron chi connectivity index (χ4n) is 2.96. The molecule has 0 heterocycles. The van der Waals surface area contributed by atoms with Gasteiger partial charge in [0, 0.05) is 12.6 Å². The monoisotopic (exact) mass is 447 g/mol. The van der Waals surface area contributed by atoms with Crippen molar-refractivity contribution < 1.29 is 17.9 Å². The topological polar surface area (TPSA) is 96.5 Å². The molecule has 0 aromatic heterocycles. The fourth-order valence-corrected chi connectivity index (χ4v) is 3.74. The van der Waals surface area contributed by atoms with Gasteiger partial charge in [-0.05, 0) is 69.5 Å². The van der Waals surface area contributed by atoms with E-state index < -0.39 is 10.0 Å². The predicted octanol–water partition coefficient (Wildman–Crippen LogP) is 3.34.